The van der Waals surface area contributed by atoms with Gasteiger partial charge in [-0.3, -0.25) is 4.90 Å². The van der Waals surface area contributed by atoms with E-state index < -0.39 is 0 Å². The number of likely N-dealkylation sites (tertiary alicyclic amines) is 1. The summed E-state index contributed by atoms with van der Waals surface area (Å²) < 4.78 is 14.2. The van der Waals surface area contributed by atoms with Crippen LogP contribution in [0.2, 0.25) is 5.02 Å². The number of rotatable bonds is 4. The van der Waals surface area contributed by atoms with Crippen molar-refractivity contribution in [3.63, 3.8) is 0 Å². The molecule has 0 spiro atoms. The Kier molecular flexibility index (Phi) is 5.20. The van der Waals surface area contributed by atoms with Gasteiger partial charge >= 0.3 is 0 Å². The normalized spacial score (nSPS) is 22.4. The second kappa shape index (κ2) is 6.69. The highest BCUT2D eigenvalue weighted by molar-refractivity contribution is 6.30. The first-order valence-corrected chi connectivity index (χ1v) is 7.46. The number of halogens is 2. The summed E-state index contributed by atoms with van der Waals surface area (Å²) in [6.45, 7) is 3.60. The molecule has 2 nitrogen and oxygen atoms in total. The minimum Gasteiger partial charge on any atom is -0.329 e. The maximum absolute atomic E-state index is 14.2. The molecule has 0 saturated carbocycles. The summed E-state index contributed by atoms with van der Waals surface area (Å²) in [6, 6.07) is 5.63. The van der Waals surface area contributed by atoms with E-state index in [0.29, 0.717) is 18.2 Å². The predicted molar refractivity (Wildman–Crippen MR) is 77.8 cm³/mol. The van der Waals surface area contributed by atoms with Gasteiger partial charge < -0.3 is 5.73 Å². The van der Waals surface area contributed by atoms with E-state index in [2.05, 4.69) is 11.8 Å². The van der Waals surface area contributed by atoms with Crippen LogP contribution in [0.25, 0.3) is 0 Å². The van der Waals surface area contributed by atoms with Crippen molar-refractivity contribution in [2.45, 2.75) is 44.7 Å². The zero-order valence-electron chi connectivity index (χ0n) is 11.4. The Labute approximate surface area is 119 Å². The lowest BCUT2D eigenvalue weighted by Gasteiger charge is -2.41. The standard InChI is InChI=1S/C15H22ClFN2/c1-2-11-6-3-4-9-19(11)14(10-18)12-7-5-8-13(16)15(12)17/h5,7-8,11,14H,2-4,6,9-10,18H2,1H3. The van der Waals surface area contributed by atoms with Crippen molar-refractivity contribution in [2.75, 3.05) is 13.1 Å². The van der Waals surface area contributed by atoms with Gasteiger partial charge in [0.05, 0.1) is 11.1 Å². The van der Waals surface area contributed by atoms with Crippen LogP contribution in [0.15, 0.2) is 18.2 Å². The van der Waals surface area contributed by atoms with Gasteiger partial charge in [0, 0.05) is 18.2 Å². The maximum Gasteiger partial charge on any atom is 0.146 e. The third-order valence-corrected chi connectivity index (χ3v) is 4.40. The zero-order chi connectivity index (χ0) is 13.8. The fraction of sp³-hybridized carbons (Fsp3) is 0.600. The Balaban J connectivity index is 2.30. The van der Waals surface area contributed by atoms with Crippen LogP contribution in [-0.4, -0.2) is 24.0 Å². The largest absolute Gasteiger partial charge is 0.329 e. The van der Waals surface area contributed by atoms with Gasteiger partial charge in [-0.25, -0.2) is 4.39 Å². The molecule has 19 heavy (non-hydrogen) atoms. The van der Waals surface area contributed by atoms with Crippen LogP contribution in [0.1, 0.15) is 44.2 Å². The summed E-state index contributed by atoms with van der Waals surface area (Å²) in [5.74, 6) is -0.319. The van der Waals surface area contributed by atoms with E-state index >= 15 is 0 Å². The Hall–Kier alpha value is -0.640. The van der Waals surface area contributed by atoms with Crippen molar-refractivity contribution in [1.82, 2.24) is 4.90 Å². The number of nitrogens with zero attached hydrogens (tertiary/aromatic N) is 1. The molecule has 1 aliphatic heterocycles. The number of hydrogen-bond acceptors (Lipinski definition) is 2. The summed E-state index contributed by atoms with van der Waals surface area (Å²) in [5.41, 5.74) is 6.55. The fourth-order valence-electron chi connectivity index (χ4n) is 3.09. The van der Waals surface area contributed by atoms with Crippen LogP contribution in [0.4, 0.5) is 4.39 Å². The minimum absolute atomic E-state index is 0.0658. The molecule has 4 heteroatoms. The van der Waals surface area contributed by atoms with E-state index in [-0.39, 0.29) is 16.9 Å². The lowest BCUT2D eigenvalue weighted by molar-refractivity contribution is 0.0930. The second-order valence-corrected chi connectivity index (χ2v) is 5.60. The average Bonchev–Trinajstić information content (AvgIpc) is 2.45. The van der Waals surface area contributed by atoms with Gasteiger partial charge in [0.1, 0.15) is 5.82 Å². The van der Waals surface area contributed by atoms with Crippen LogP contribution >= 0.6 is 11.6 Å². The molecular formula is C15H22ClFN2. The Morgan fingerprint density at radius 2 is 2.26 bits per heavy atom. The summed E-state index contributed by atoms with van der Waals surface area (Å²) in [6.07, 6.45) is 4.67. The van der Waals surface area contributed by atoms with Crippen LogP contribution in [-0.2, 0) is 0 Å². The van der Waals surface area contributed by atoms with Crippen molar-refractivity contribution in [3.05, 3.63) is 34.6 Å². The van der Waals surface area contributed by atoms with E-state index in [4.69, 9.17) is 17.3 Å². The van der Waals surface area contributed by atoms with Crippen molar-refractivity contribution in [2.24, 2.45) is 5.73 Å². The van der Waals surface area contributed by atoms with E-state index in [1.807, 2.05) is 0 Å². The molecule has 2 unspecified atom stereocenters. The van der Waals surface area contributed by atoms with Gasteiger partial charge in [-0.2, -0.15) is 0 Å². The maximum atomic E-state index is 14.2. The Bertz CT molecular complexity index is 425. The SMILES string of the molecule is CCC1CCCCN1C(CN)c1cccc(Cl)c1F. The van der Waals surface area contributed by atoms with E-state index in [0.717, 1.165) is 19.4 Å². The molecule has 0 aliphatic carbocycles. The monoisotopic (exact) mass is 284 g/mol. The molecule has 1 fully saturated rings. The first kappa shape index (κ1) is 14.8. The molecule has 106 valence electrons. The third-order valence-electron chi connectivity index (χ3n) is 4.11. The smallest absolute Gasteiger partial charge is 0.146 e. The quantitative estimate of drug-likeness (QED) is 0.912. The minimum atomic E-state index is -0.319. The summed E-state index contributed by atoms with van der Waals surface area (Å²) >= 11 is 5.89. The van der Waals surface area contributed by atoms with Gasteiger partial charge in [0.2, 0.25) is 0 Å². The van der Waals surface area contributed by atoms with Gasteiger partial charge in [-0.05, 0) is 31.9 Å². The topological polar surface area (TPSA) is 29.3 Å². The summed E-state index contributed by atoms with van der Waals surface area (Å²) in [5, 5.41) is 0.181. The van der Waals surface area contributed by atoms with E-state index in [9.17, 15) is 4.39 Å². The van der Waals surface area contributed by atoms with Gasteiger partial charge in [-0.1, -0.05) is 37.1 Å². The van der Waals surface area contributed by atoms with Crippen molar-refractivity contribution in [3.8, 4) is 0 Å². The zero-order valence-corrected chi connectivity index (χ0v) is 12.2. The van der Waals surface area contributed by atoms with E-state index in [1.54, 1.807) is 18.2 Å². The van der Waals surface area contributed by atoms with Crippen molar-refractivity contribution in [1.29, 1.82) is 0 Å². The molecule has 1 saturated heterocycles. The van der Waals surface area contributed by atoms with Crippen molar-refractivity contribution < 1.29 is 4.39 Å². The van der Waals surface area contributed by atoms with Gasteiger partial charge in [0.25, 0.3) is 0 Å². The van der Waals surface area contributed by atoms with Gasteiger partial charge in [0.15, 0.2) is 0 Å². The predicted octanol–water partition coefficient (Wildman–Crippen LogP) is 3.74. The molecule has 1 heterocycles. The van der Waals surface area contributed by atoms with Crippen LogP contribution in [0.3, 0.4) is 0 Å². The molecule has 0 aromatic heterocycles. The fourth-order valence-corrected chi connectivity index (χ4v) is 3.27. The van der Waals surface area contributed by atoms with Gasteiger partial charge in [-0.15, -0.1) is 0 Å². The number of piperidine rings is 1. The number of hydrogen-bond donors (Lipinski definition) is 1. The lowest BCUT2D eigenvalue weighted by atomic mass is 9.94. The highest BCUT2D eigenvalue weighted by atomic mass is 35.5. The highest BCUT2D eigenvalue weighted by Crippen LogP contribution is 2.32. The van der Waals surface area contributed by atoms with Crippen LogP contribution in [0, 0.1) is 5.82 Å². The average molecular weight is 285 g/mol. The van der Waals surface area contributed by atoms with Crippen LogP contribution < -0.4 is 5.73 Å². The molecule has 0 radical (unpaired) electrons. The molecule has 2 N–H and O–H groups in total. The number of nitrogens with two attached hydrogens (primary N) is 1. The Morgan fingerprint density at radius 1 is 1.47 bits per heavy atom. The lowest BCUT2D eigenvalue weighted by Crippen LogP contribution is -2.44. The molecule has 1 aliphatic rings. The molecule has 2 rings (SSSR count). The van der Waals surface area contributed by atoms with Crippen molar-refractivity contribution >= 4 is 11.6 Å². The second-order valence-electron chi connectivity index (χ2n) is 5.19. The first-order chi connectivity index (χ1) is 9.19. The molecule has 2 atom stereocenters. The highest BCUT2D eigenvalue weighted by Gasteiger charge is 2.29. The molecule has 1 aromatic carbocycles. The van der Waals surface area contributed by atoms with Crippen LogP contribution in [0.5, 0.6) is 0 Å². The Morgan fingerprint density at radius 3 is 2.95 bits per heavy atom. The third kappa shape index (κ3) is 3.10. The molecule has 0 bridgehead atoms. The molecular weight excluding hydrogens is 263 g/mol. The molecule has 1 aromatic rings. The molecule has 0 amide bonds. The first-order valence-electron chi connectivity index (χ1n) is 7.08. The summed E-state index contributed by atoms with van der Waals surface area (Å²) in [4.78, 5) is 2.36. The number of benzene rings is 1. The van der Waals surface area contributed by atoms with E-state index in [1.165, 1.54) is 12.8 Å². The summed E-state index contributed by atoms with van der Waals surface area (Å²) in [7, 11) is 0.